The van der Waals surface area contributed by atoms with Crippen molar-refractivity contribution in [2.24, 2.45) is 0 Å². The van der Waals surface area contributed by atoms with Crippen molar-refractivity contribution in [2.75, 3.05) is 0 Å². The van der Waals surface area contributed by atoms with Crippen LogP contribution in [-0.4, -0.2) is 0 Å². The highest BCUT2D eigenvalue weighted by molar-refractivity contribution is 7.97. The molecule has 0 atom stereocenters. The fraction of sp³-hybridized carbons (Fsp3) is 0.250. The molecular weight excluding hydrogens is 199 g/mol. The summed E-state index contributed by atoms with van der Waals surface area (Å²) in [5.74, 6) is 0. The molecule has 0 radical (unpaired) electrons. The van der Waals surface area contributed by atoms with E-state index >= 15 is 0 Å². The SMILES string of the molecule is FC(F)(F)c1ccc2c(c1)CNS2. The minimum Gasteiger partial charge on any atom is -0.255 e. The van der Waals surface area contributed by atoms with E-state index in [1.807, 2.05) is 0 Å². The third kappa shape index (κ3) is 1.66. The summed E-state index contributed by atoms with van der Waals surface area (Å²) in [6, 6.07) is 3.81. The maximum absolute atomic E-state index is 12.2. The van der Waals surface area contributed by atoms with E-state index in [1.54, 1.807) is 0 Å². The van der Waals surface area contributed by atoms with Crippen molar-refractivity contribution < 1.29 is 13.2 Å². The van der Waals surface area contributed by atoms with Crippen molar-refractivity contribution in [1.29, 1.82) is 0 Å². The van der Waals surface area contributed by atoms with Crippen LogP contribution >= 0.6 is 11.9 Å². The molecule has 0 unspecified atom stereocenters. The van der Waals surface area contributed by atoms with Gasteiger partial charge in [0.05, 0.1) is 5.56 Å². The van der Waals surface area contributed by atoms with Crippen molar-refractivity contribution >= 4 is 11.9 Å². The van der Waals surface area contributed by atoms with Crippen molar-refractivity contribution in [3.05, 3.63) is 29.3 Å². The molecule has 0 aliphatic carbocycles. The normalized spacial score (nSPS) is 15.9. The van der Waals surface area contributed by atoms with Crippen molar-refractivity contribution in [3.63, 3.8) is 0 Å². The molecule has 0 amide bonds. The fourth-order valence-electron chi connectivity index (χ4n) is 1.19. The lowest BCUT2D eigenvalue weighted by Gasteiger charge is -2.07. The lowest BCUT2D eigenvalue weighted by Crippen LogP contribution is -2.05. The maximum atomic E-state index is 12.2. The minimum atomic E-state index is -4.23. The molecule has 5 heteroatoms. The van der Waals surface area contributed by atoms with Gasteiger partial charge < -0.3 is 0 Å². The second-order valence-electron chi connectivity index (χ2n) is 2.74. The third-order valence-electron chi connectivity index (χ3n) is 1.83. The van der Waals surface area contributed by atoms with Gasteiger partial charge in [-0.15, -0.1) is 0 Å². The summed E-state index contributed by atoms with van der Waals surface area (Å²) in [6.45, 7) is 0.504. The Hall–Kier alpha value is -0.680. The fourth-order valence-corrected chi connectivity index (χ4v) is 1.97. The van der Waals surface area contributed by atoms with E-state index in [9.17, 15) is 13.2 Å². The first-order valence-electron chi connectivity index (χ1n) is 3.67. The molecule has 13 heavy (non-hydrogen) atoms. The summed E-state index contributed by atoms with van der Waals surface area (Å²) in [7, 11) is 0. The van der Waals surface area contributed by atoms with Crippen LogP contribution in [0, 0.1) is 0 Å². The van der Waals surface area contributed by atoms with Crippen LogP contribution in [0.1, 0.15) is 11.1 Å². The van der Waals surface area contributed by atoms with E-state index in [0.29, 0.717) is 6.54 Å². The first-order chi connectivity index (χ1) is 6.07. The topological polar surface area (TPSA) is 12.0 Å². The molecule has 0 fully saturated rings. The number of nitrogens with one attached hydrogen (secondary N) is 1. The van der Waals surface area contributed by atoms with Gasteiger partial charge in [-0.05, 0) is 35.7 Å². The molecule has 0 saturated carbocycles. The average molecular weight is 205 g/mol. The van der Waals surface area contributed by atoms with Gasteiger partial charge in [0.15, 0.2) is 0 Å². The Morgan fingerprint density at radius 1 is 1.31 bits per heavy atom. The molecular formula is C8H6F3NS. The van der Waals surface area contributed by atoms with Crippen LogP contribution in [0.5, 0.6) is 0 Å². The quantitative estimate of drug-likeness (QED) is 0.653. The first kappa shape index (κ1) is 8.90. The number of benzene rings is 1. The van der Waals surface area contributed by atoms with Gasteiger partial charge in [0.2, 0.25) is 0 Å². The van der Waals surface area contributed by atoms with Crippen LogP contribution in [0.25, 0.3) is 0 Å². The van der Waals surface area contributed by atoms with Crippen molar-refractivity contribution in [1.82, 2.24) is 4.72 Å². The third-order valence-corrected chi connectivity index (χ3v) is 2.74. The van der Waals surface area contributed by atoms with Crippen LogP contribution in [0.4, 0.5) is 13.2 Å². The molecule has 0 spiro atoms. The largest absolute Gasteiger partial charge is 0.416 e. The van der Waals surface area contributed by atoms with Gasteiger partial charge in [0.1, 0.15) is 0 Å². The van der Waals surface area contributed by atoms with Crippen LogP contribution in [0.15, 0.2) is 23.1 Å². The van der Waals surface area contributed by atoms with Gasteiger partial charge in [0, 0.05) is 11.4 Å². The summed E-state index contributed by atoms with van der Waals surface area (Å²) >= 11 is 1.37. The summed E-state index contributed by atoms with van der Waals surface area (Å²) < 4.78 is 39.6. The second-order valence-corrected chi connectivity index (χ2v) is 3.68. The average Bonchev–Trinajstić information content (AvgIpc) is 2.47. The van der Waals surface area contributed by atoms with Crippen LogP contribution in [0.2, 0.25) is 0 Å². The van der Waals surface area contributed by atoms with E-state index in [-0.39, 0.29) is 0 Å². The summed E-state index contributed by atoms with van der Waals surface area (Å²) in [4.78, 5) is 0.882. The standard InChI is InChI=1S/C8H6F3NS/c9-8(10,11)6-1-2-7-5(3-6)4-12-13-7/h1-3,12H,4H2. The Balaban J connectivity index is 2.42. The minimum absolute atomic E-state index is 0.504. The predicted octanol–water partition coefficient (Wildman–Crippen LogP) is 2.82. The molecule has 0 saturated heterocycles. The molecule has 1 heterocycles. The van der Waals surface area contributed by atoms with Crippen LogP contribution in [0.3, 0.4) is 0 Å². The van der Waals surface area contributed by atoms with Gasteiger partial charge in [-0.1, -0.05) is 0 Å². The highest BCUT2D eigenvalue weighted by Crippen LogP contribution is 2.34. The maximum Gasteiger partial charge on any atom is 0.416 e. The van der Waals surface area contributed by atoms with E-state index in [2.05, 4.69) is 4.72 Å². The number of fused-ring (bicyclic) bond motifs is 1. The lowest BCUT2D eigenvalue weighted by molar-refractivity contribution is -0.137. The molecule has 2 rings (SSSR count). The summed E-state index contributed by atoms with van der Waals surface area (Å²) in [6.07, 6.45) is -4.23. The second kappa shape index (κ2) is 2.92. The van der Waals surface area contributed by atoms with Gasteiger partial charge >= 0.3 is 6.18 Å². The van der Waals surface area contributed by atoms with Crippen molar-refractivity contribution in [3.8, 4) is 0 Å². The first-order valence-corrected chi connectivity index (χ1v) is 4.49. The van der Waals surface area contributed by atoms with Crippen LogP contribution < -0.4 is 4.72 Å². The Labute approximate surface area is 77.5 Å². The van der Waals surface area contributed by atoms with Crippen molar-refractivity contribution in [2.45, 2.75) is 17.6 Å². The number of halogens is 3. The zero-order valence-electron chi connectivity index (χ0n) is 6.48. The van der Waals surface area contributed by atoms with E-state index < -0.39 is 11.7 Å². The number of hydrogen-bond acceptors (Lipinski definition) is 2. The zero-order chi connectivity index (χ0) is 9.47. The molecule has 1 aromatic carbocycles. The Bertz CT molecular complexity index is 335. The molecule has 1 N–H and O–H groups in total. The van der Waals surface area contributed by atoms with Gasteiger partial charge in [-0.25, -0.2) is 0 Å². The molecule has 0 bridgehead atoms. The summed E-state index contributed by atoms with van der Waals surface area (Å²) in [5, 5.41) is 0. The Morgan fingerprint density at radius 3 is 2.77 bits per heavy atom. The Kier molecular flexibility index (Phi) is 2.00. The summed E-state index contributed by atoms with van der Waals surface area (Å²) in [5.41, 5.74) is 0.148. The van der Waals surface area contributed by atoms with E-state index in [4.69, 9.17) is 0 Å². The Morgan fingerprint density at radius 2 is 2.08 bits per heavy atom. The number of hydrogen-bond donors (Lipinski definition) is 1. The van der Waals surface area contributed by atoms with Gasteiger partial charge in [0.25, 0.3) is 0 Å². The van der Waals surface area contributed by atoms with Crippen LogP contribution in [-0.2, 0) is 12.7 Å². The molecule has 1 aliphatic heterocycles. The monoisotopic (exact) mass is 205 g/mol. The predicted molar refractivity (Wildman–Crippen MR) is 44.1 cm³/mol. The lowest BCUT2D eigenvalue weighted by atomic mass is 10.1. The molecule has 1 aromatic rings. The molecule has 1 nitrogen and oxygen atoms in total. The number of alkyl halides is 3. The highest BCUT2D eigenvalue weighted by atomic mass is 32.2. The highest BCUT2D eigenvalue weighted by Gasteiger charge is 2.31. The zero-order valence-corrected chi connectivity index (χ0v) is 7.30. The van der Waals surface area contributed by atoms with Gasteiger partial charge in [-0.3, -0.25) is 4.72 Å². The van der Waals surface area contributed by atoms with Gasteiger partial charge in [-0.2, -0.15) is 13.2 Å². The molecule has 0 aromatic heterocycles. The molecule has 1 aliphatic rings. The molecule has 70 valence electrons. The smallest absolute Gasteiger partial charge is 0.255 e. The number of rotatable bonds is 0. The van der Waals surface area contributed by atoms with E-state index in [1.165, 1.54) is 24.1 Å². The van der Waals surface area contributed by atoms with E-state index in [0.717, 1.165) is 16.5 Å².